The van der Waals surface area contributed by atoms with Gasteiger partial charge in [-0.1, -0.05) is 6.92 Å². The van der Waals surface area contributed by atoms with Crippen molar-refractivity contribution in [1.29, 1.82) is 0 Å². The van der Waals surface area contributed by atoms with Crippen LogP contribution >= 0.6 is 12.4 Å². The maximum atomic E-state index is 3.48. The van der Waals surface area contributed by atoms with Crippen LogP contribution in [-0.4, -0.2) is 36.6 Å². The van der Waals surface area contributed by atoms with Crippen LogP contribution in [0.4, 0.5) is 0 Å². The van der Waals surface area contributed by atoms with E-state index in [4.69, 9.17) is 0 Å². The number of hydrogen-bond acceptors (Lipinski definition) is 2. The summed E-state index contributed by atoms with van der Waals surface area (Å²) < 4.78 is 0. The minimum absolute atomic E-state index is 0. The topological polar surface area (TPSA) is 15.3 Å². The molecule has 0 spiro atoms. The summed E-state index contributed by atoms with van der Waals surface area (Å²) in [6.07, 6.45) is 2.88. The second-order valence-electron chi connectivity index (χ2n) is 5.34. The van der Waals surface area contributed by atoms with Crippen molar-refractivity contribution in [2.75, 3.05) is 19.6 Å². The van der Waals surface area contributed by atoms with Crippen LogP contribution in [0.25, 0.3) is 0 Å². The molecule has 0 amide bonds. The van der Waals surface area contributed by atoms with Gasteiger partial charge in [0.2, 0.25) is 0 Å². The Morgan fingerprint density at radius 3 is 2.14 bits per heavy atom. The number of halogens is 1. The van der Waals surface area contributed by atoms with E-state index in [2.05, 4.69) is 31.0 Å². The lowest BCUT2D eigenvalue weighted by Gasteiger charge is -2.41. The van der Waals surface area contributed by atoms with Gasteiger partial charge in [-0.3, -0.25) is 4.90 Å². The summed E-state index contributed by atoms with van der Waals surface area (Å²) in [5.41, 5.74) is 0.667. The highest BCUT2D eigenvalue weighted by Gasteiger charge is 2.41. The Hall–Kier alpha value is 0.210. The second kappa shape index (κ2) is 4.38. The Morgan fingerprint density at radius 1 is 1.21 bits per heavy atom. The van der Waals surface area contributed by atoms with Gasteiger partial charge in [0.25, 0.3) is 0 Å². The lowest BCUT2D eigenvalue weighted by Crippen LogP contribution is -2.56. The largest absolute Gasteiger partial charge is 0.314 e. The van der Waals surface area contributed by atoms with Crippen molar-refractivity contribution < 1.29 is 0 Å². The zero-order chi connectivity index (χ0) is 9.47. The first kappa shape index (κ1) is 12.3. The van der Waals surface area contributed by atoms with E-state index < -0.39 is 0 Å². The Kier molecular flexibility index (Phi) is 3.84. The first-order valence-electron chi connectivity index (χ1n) is 5.57. The molecule has 0 aromatic rings. The van der Waals surface area contributed by atoms with Gasteiger partial charge < -0.3 is 5.32 Å². The molecular formula is C11H23ClN2. The van der Waals surface area contributed by atoms with Gasteiger partial charge in [-0.05, 0) is 32.1 Å². The minimum Gasteiger partial charge on any atom is -0.314 e. The van der Waals surface area contributed by atoms with E-state index in [0.29, 0.717) is 5.41 Å². The summed E-state index contributed by atoms with van der Waals surface area (Å²) in [7, 11) is 0. The highest BCUT2D eigenvalue weighted by Crippen LogP contribution is 2.46. The van der Waals surface area contributed by atoms with Gasteiger partial charge in [0.05, 0.1) is 0 Å². The molecule has 2 aliphatic rings. The van der Waals surface area contributed by atoms with Crippen molar-refractivity contribution in [2.45, 2.75) is 45.7 Å². The molecule has 14 heavy (non-hydrogen) atoms. The van der Waals surface area contributed by atoms with E-state index in [1.54, 1.807) is 0 Å². The average molecular weight is 219 g/mol. The standard InChI is InChI=1S/C11H22N2.ClH/c1-9-6-12-7-10(2)13(9)8-11(3)4-5-11;/h9-10,12H,4-8H2,1-3H3;1H/t9-,10+;. The van der Waals surface area contributed by atoms with Crippen LogP contribution in [0.2, 0.25) is 0 Å². The smallest absolute Gasteiger partial charge is 0.0195 e. The Balaban J connectivity index is 0.000000980. The number of nitrogens with one attached hydrogen (secondary N) is 1. The van der Waals surface area contributed by atoms with Crippen LogP contribution in [0, 0.1) is 5.41 Å². The Bertz CT molecular complexity index is 182. The molecule has 2 rings (SSSR count). The van der Waals surface area contributed by atoms with Crippen molar-refractivity contribution in [1.82, 2.24) is 10.2 Å². The number of hydrogen-bond donors (Lipinski definition) is 1. The van der Waals surface area contributed by atoms with E-state index in [0.717, 1.165) is 12.1 Å². The zero-order valence-electron chi connectivity index (χ0n) is 9.55. The molecule has 2 nitrogen and oxygen atoms in total. The van der Waals surface area contributed by atoms with Gasteiger partial charge in [0.15, 0.2) is 0 Å². The zero-order valence-corrected chi connectivity index (χ0v) is 10.4. The maximum absolute atomic E-state index is 3.48. The fourth-order valence-electron chi connectivity index (χ4n) is 2.29. The van der Waals surface area contributed by atoms with Gasteiger partial charge in [-0.25, -0.2) is 0 Å². The molecule has 0 aromatic carbocycles. The molecule has 2 atom stereocenters. The van der Waals surface area contributed by atoms with Gasteiger partial charge >= 0.3 is 0 Å². The molecule has 0 aromatic heterocycles. The lowest BCUT2D eigenvalue weighted by atomic mass is 10.0. The van der Waals surface area contributed by atoms with Crippen molar-refractivity contribution >= 4 is 12.4 Å². The summed E-state index contributed by atoms with van der Waals surface area (Å²) in [5.74, 6) is 0. The number of piperazine rings is 1. The summed E-state index contributed by atoms with van der Waals surface area (Å²) in [6, 6.07) is 1.45. The molecule has 1 aliphatic heterocycles. The van der Waals surface area contributed by atoms with Crippen LogP contribution in [0.1, 0.15) is 33.6 Å². The highest BCUT2D eigenvalue weighted by molar-refractivity contribution is 5.85. The molecule has 0 bridgehead atoms. The predicted octanol–water partition coefficient (Wildman–Crippen LogP) is 1.89. The maximum Gasteiger partial charge on any atom is 0.0195 e. The average Bonchev–Trinajstić information content (AvgIpc) is 2.78. The molecule has 1 N–H and O–H groups in total. The first-order chi connectivity index (χ1) is 6.11. The van der Waals surface area contributed by atoms with Crippen molar-refractivity contribution in [3.8, 4) is 0 Å². The van der Waals surface area contributed by atoms with E-state index in [-0.39, 0.29) is 12.4 Å². The van der Waals surface area contributed by atoms with E-state index in [1.165, 1.54) is 32.5 Å². The normalized spacial score (nSPS) is 36.2. The fourth-order valence-corrected chi connectivity index (χ4v) is 2.29. The minimum atomic E-state index is 0. The molecule has 1 heterocycles. The summed E-state index contributed by atoms with van der Waals surface area (Å²) in [4.78, 5) is 2.68. The van der Waals surface area contributed by atoms with E-state index >= 15 is 0 Å². The molecular weight excluding hydrogens is 196 g/mol. The van der Waals surface area contributed by atoms with Crippen LogP contribution in [0.3, 0.4) is 0 Å². The quantitative estimate of drug-likeness (QED) is 0.762. The third-order valence-corrected chi connectivity index (χ3v) is 3.68. The Labute approximate surface area is 93.8 Å². The van der Waals surface area contributed by atoms with Crippen molar-refractivity contribution in [2.24, 2.45) is 5.41 Å². The van der Waals surface area contributed by atoms with Crippen LogP contribution in [0.5, 0.6) is 0 Å². The number of nitrogens with zero attached hydrogens (tertiary/aromatic N) is 1. The van der Waals surface area contributed by atoms with Gasteiger partial charge in [0, 0.05) is 31.7 Å². The molecule has 1 saturated heterocycles. The summed E-state index contributed by atoms with van der Waals surface area (Å²) >= 11 is 0. The van der Waals surface area contributed by atoms with Gasteiger partial charge in [0.1, 0.15) is 0 Å². The monoisotopic (exact) mass is 218 g/mol. The summed E-state index contributed by atoms with van der Waals surface area (Å²) in [5, 5.41) is 3.48. The third kappa shape index (κ3) is 2.62. The van der Waals surface area contributed by atoms with E-state index in [9.17, 15) is 0 Å². The molecule has 1 saturated carbocycles. The lowest BCUT2D eigenvalue weighted by molar-refractivity contribution is 0.0941. The van der Waals surface area contributed by atoms with Crippen molar-refractivity contribution in [3.05, 3.63) is 0 Å². The third-order valence-electron chi connectivity index (χ3n) is 3.68. The molecule has 2 fully saturated rings. The van der Waals surface area contributed by atoms with Crippen LogP contribution < -0.4 is 5.32 Å². The molecule has 0 radical (unpaired) electrons. The molecule has 84 valence electrons. The first-order valence-corrected chi connectivity index (χ1v) is 5.57. The highest BCUT2D eigenvalue weighted by atomic mass is 35.5. The fraction of sp³-hybridized carbons (Fsp3) is 1.00. The van der Waals surface area contributed by atoms with Crippen molar-refractivity contribution in [3.63, 3.8) is 0 Å². The second-order valence-corrected chi connectivity index (χ2v) is 5.34. The number of rotatable bonds is 2. The summed E-state index contributed by atoms with van der Waals surface area (Å²) in [6.45, 7) is 10.8. The molecule has 3 heteroatoms. The predicted molar refractivity (Wildman–Crippen MR) is 63.1 cm³/mol. The van der Waals surface area contributed by atoms with Crippen LogP contribution in [0.15, 0.2) is 0 Å². The SMILES string of the molecule is C[C@@H]1CNC[C@H](C)N1CC1(C)CC1.Cl. The van der Waals surface area contributed by atoms with Gasteiger partial charge in [-0.2, -0.15) is 0 Å². The Morgan fingerprint density at radius 2 is 1.71 bits per heavy atom. The van der Waals surface area contributed by atoms with E-state index in [1.807, 2.05) is 0 Å². The molecule has 1 aliphatic carbocycles. The van der Waals surface area contributed by atoms with Gasteiger partial charge in [-0.15, -0.1) is 12.4 Å². The van der Waals surface area contributed by atoms with Crippen LogP contribution in [-0.2, 0) is 0 Å². The molecule has 0 unspecified atom stereocenters.